The molecule has 1 aliphatic rings. The van der Waals surface area contributed by atoms with Crippen LogP contribution in [0.2, 0.25) is 0 Å². The van der Waals surface area contributed by atoms with Crippen molar-refractivity contribution in [3.8, 4) is 0 Å². The van der Waals surface area contributed by atoms with E-state index in [2.05, 4.69) is 31.1 Å². The Labute approximate surface area is 165 Å². The fraction of sp³-hybridized carbons (Fsp3) is 0.476. The first-order chi connectivity index (χ1) is 12.7. The lowest BCUT2D eigenvalue weighted by molar-refractivity contribution is -0.128. The number of ketones is 1. The molecule has 144 valence electrons. The Hall–Kier alpha value is -2.05. The second kappa shape index (κ2) is 7.90. The van der Waals surface area contributed by atoms with Crippen molar-refractivity contribution in [2.24, 2.45) is 0 Å². The van der Waals surface area contributed by atoms with Gasteiger partial charge in [0, 0.05) is 49.1 Å². The van der Waals surface area contributed by atoms with E-state index in [9.17, 15) is 9.59 Å². The molecule has 0 saturated carbocycles. The second-order valence-electron chi connectivity index (χ2n) is 8.16. The van der Waals surface area contributed by atoms with Crippen molar-refractivity contribution in [2.45, 2.75) is 39.7 Å². The van der Waals surface area contributed by atoms with Crippen LogP contribution in [0.5, 0.6) is 0 Å². The first-order valence-corrected chi connectivity index (χ1v) is 10.2. The highest BCUT2D eigenvalue weighted by molar-refractivity contribution is 7.09. The van der Waals surface area contributed by atoms with Crippen LogP contribution in [0.25, 0.3) is 0 Å². The van der Waals surface area contributed by atoms with Crippen LogP contribution >= 0.6 is 11.3 Å². The van der Waals surface area contributed by atoms with Gasteiger partial charge in [0.2, 0.25) is 5.78 Å². The summed E-state index contributed by atoms with van der Waals surface area (Å²) in [5.74, 6) is -0.819. The van der Waals surface area contributed by atoms with Crippen LogP contribution in [0.3, 0.4) is 0 Å². The molecule has 1 aromatic heterocycles. The molecular weight excluding hydrogens is 358 g/mol. The number of hydrogen-bond acceptors (Lipinski definition) is 5. The van der Waals surface area contributed by atoms with E-state index in [1.54, 1.807) is 28.4 Å². The standard InChI is InChI=1S/C21H27N3O2S/c1-15-5-7-16(8-6-15)18(25)19(26)24-11-9-23(10-12-24)13-17-14-27-20(22-17)21(2,3)4/h5-8,14H,9-13H2,1-4H3. The van der Waals surface area contributed by atoms with Gasteiger partial charge in [0.15, 0.2) is 0 Å². The van der Waals surface area contributed by atoms with Gasteiger partial charge in [-0.3, -0.25) is 14.5 Å². The topological polar surface area (TPSA) is 53.5 Å². The molecule has 1 saturated heterocycles. The van der Waals surface area contributed by atoms with E-state index in [1.807, 2.05) is 19.1 Å². The van der Waals surface area contributed by atoms with Gasteiger partial charge in [-0.1, -0.05) is 50.6 Å². The predicted molar refractivity (Wildman–Crippen MR) is 108 cm³/mol. The third-order valence-electron chi connectivity index (χ3n) is 4.75. The lowest BCUT2D eigenvalue weighted by atomic mass is 9.98. The zero-order chi connectivity index (χ0) is 19.6. The Balaban J connectivity index is 1.54. The SMILES string of the molecule is Cc1ccc(C(=O)C(=O)N2CCN(Cc3csc(C(C)(C)C)n3)CC2)cc1. The summed E-state index contributed by atoms with van der Waals surface area (Å²) < 4.78 is 0. The molecule has 27 heavy (non-hydrogen) atoms. The van der Waals surface area contributed by atoms with Crippen molar-refractivity contribution in [2.75, 3.05) is 26.2 Å². The summed E-state index contributed by atoms with van der Waals surface area (Å²) in [5.41, 5.74) is 2.69. The van der Waals surface area contributed by atoms with Gasteiger partial charge in [0.05, 0.1) is 10.7 Å². The van der Waals surface area contributed by atoms with Crippen LogP contribution in [0.15, 0.2) is 29.6 Å². The average molecular weight is 386 g/mol. The van der Waals surface area contributed by atoms with Crippen LogP contribution in [-0.2, 0) is 16.8 Å². The van der Waals surface area contributed by atoms with E-state index in [-0.39, 0.29) is 5.41 Å². The predicted octanol–water partition coefficient (Wildman–Crippen LogP) is 3.28. The maximum atomic E-state index is 12.5. The minimum Gasteiger partial charge on any atom is -0.333 e. The normalized spacial score (nSPS) is 15.8. The molecule has 3 rings (SSSR count). The number of benzene rings is 1. The Morgan fingerprint density at radius 1 is 1.07 bits per heavy atom. The molecule has 1 aromatic carbocycles. The Kier molecular flexibility index (Phi) is 5.77. The fourth-order valence-corrected chi connectivity index (χ4v) is 3.93. The van der Waals surface area contributed by atoms with Gasteiger partial charge in [0.1, 0.15) is 0 Å². The number of aromatic nitrogens is 1. The summed E-state index contributed by atoms with van der Waals surface area (Å²) in [6.45, 7) is 11.9. The molecule has 2 aromatic rings. The van der Waals surface area contributed by atoms with Gasteiger partial charge in [-0.15, -0.1) is 11.3 Å². The molecular formula is C21H27N3O2S. The first-order valence-electron chi connectivity index (χ1n) is 9.31. The maximum absolute atomic E-state index is 12.5. The van der Waals surface area contributed by atoms with Crippen molar-refractivity contribution in [1.29, 1.82) is 0 Å². The number of nitrogens with zero attached hydrogens (tertiary/aromatic N) is 3. The van der Waals surface area contributed by atoms with Crippen molar-refractivity contribution in [3.63, 3.8) is 0 Å². The smallest absolute Gasteiger partial charge is 0.295 e. The number of piperazine rings is 1. The summed E-state index contributed by atoms with van der Waals surface area (Å²) in [5, 5.41) is 3.27. The van der Waals surface area contributed by atoms with Gasteiger partial charge in [0.25, 0.3) is 5.91 Å². The van der Waals surface area contributed by atoms with Crippen LogP contribution in [-0.4, -0.2) is 52.7 Å². The average Bonchev–Trinajstić information content (AvgIpc) is 3.11. The zero-order valence-corrected chi connectivity index (χ0v) is 17.3. The highest BCUT2D eigenvalue weighted by Crippen LogP contribution is 2.26. The van der Waals surface area contributed by atoms with E-state index >= 15 is 0 Å². The molecule has 0 aliphatic carbocycles. The van der Waals surface area contributed by atoms with Crippen molar-refractivity contribution in [1.82, 2.24) is 14.8 Å². The number of hydrogen-bond donors (Lipinski definition) is 0. The number of carbonyl (C=O) groups is 2. The summed E-state index contributed by atoms with van der Waals surface area (Å²) in [6.07, 6.45) is 0. The van der Waals surface area contributed by atoms with E-state index in [0.29, 0.717) is 18.7 Å². The van der Waals surface area contributed by atoms with E-state index < -0.39 is 11.7 Å². The van der Waals surface area contributed by atoms with E-state index in [1.165, 1.54) is 0 Å². The van der Waals surface area contributed by atoms with Crippen molar-refractivity contribution >= 4 is 23.0 Å². The monoisotopic (exact) mass is 385 g/mol. The van der Waals surface area contributed by atoms with Gasteiger partial charge in [-0.25, -0.2) is 4.98 Å². The molecule has 1 amide bonds. The van der Waals surface area contributed by atoms with E-state index in [0.717, 1.165) is 35.9 Å². The van der Waals surface area contributed by atoms with Crippen molar-refractivity contribution in [3.05, 3.63) is 51.5 Å². The molecule has 0 spiro atoms. The summed E-state index contributed by atoms with van der Waals surface area (Å²) >= 11 is 1.71. The lowest BCUT2D eigenvalue weighted by Crippen LogP contribution is -2.50. The first kappa shape index (κ1) is 19.7. The molecule has 1 aliphatic heterocycles. The van der Waals surface area contributed by atoms with E-state index in [4.69, 9.17) is 4.98 Å². The largest absolute Gasteiger partial charge is 0.333 e. The van der Waals surface area contributed by atoms with Gasteiger partial charge in [-0.2, -0.15) is 0 Å². The number of aryl methyl sites for hydroxylation is 1. The molecule has 0 atom stereocenters. The number of carbonyl (C=O) groups excluding carboxylic acids is 2. The molecule has 0 N–H and O–H groups in total. The molecule has 0 radical (unpaired) electrons. The molecule has 2 heterocycles. The molecule has 1 fully saturated rings. The Bertz CT molecular complexity index is 813. The Morgan fingerprint density at radius 3 is 2.26 bits per heavy atom. The minimum absolute atomic E-state index is 0.0738. The second-order valence-corrected chi connectivity index (χ2v) is 9.02. The highest BCUT2D eigenvalue weighted by atomic mass is 32.1. The zero-order valence-electron chi connectivity index (χ0n) is 16.5. The Morgan fingerprint density at radius 2 is 1.70 bits per heavy atom. The van der Waals surface area contributed by atoms with Crippen molar-refractivity contribution < 1.29 is 9.59 Å². The summed E-state index contributed by atoms with van der Waals surface area (Å²) in [4.78, 5) is 33.6. The lowest BCUT2D eigenvalue weighted by Gasteiger charge is -2.34. The number of amides is 1. The minimum atomic E-state index is -0.419. The number of rotatable bonds is 4. The molecule has 5 nitrogen and oxygen atoms in total. The molecule has 0 unspecified atom stereocenters. The van der Waals surface area contributed by atoms with Crippen LogP contribution in [0.4, 0.5) is 0 Å². The summed E-state index contributed by atoms with van der Waals surface area (Å²) in [6, 6.07) is 7.16. The third kappa shape index (κ3) is 4.82. The highest BCUT2D eigenvalue weighted by Gasteiger charge is 2.27. The van der Waals surface area contributed by atoms with Gasteiger partial charge in [-0.05, 0) is 6.92 Å². The van der Waals surface area contributed by atoms with Crippen LogP contribution < -0.4 is 0 Å². The summed E-state index contributed by atoms with van der Waals surface area (Å²) in [7, 11) is 0. The quantitative estimate of drug-likeness (QED) is 0.599. The third-order valence-corrected chi connectivity index (χ3v) is 6.06. The maximum Gasteiger partial charge on any atom is 0.295 e. The van der Waals surface area contributed by atoms with Crippen LogP contribution in [0.1, 0.15) is 47.4 Å². The van der Waals surface area contributed by atoms with Gasteiger partial charge < -0.3 is 4.90 Å². The van der Waals surface area contributed by atoms with Crippen LogP contribution in [0, 0.1) is 6.92 Å². The molecule has 6 heteroatoms. The number of thiazole rings is 1. The van der Waals surface area contributed by atoms with Gasteiger partial charge >= 0.3 is 0 Å². The number of Topliss-reactive ketones (excluding diaryl/α,β-unsaturated/α-hetero) is 1. The fourth-order valence-electron chi connectivity index (χ4n) is 3.03. The molecule has 0 bridgehead atoms.